The Kier molecular flexibility index (Phi) is 3.29. The lowest BCUT2D eigenvalue weighted by atomic mass is 9.79. The number of hydrogen-bond donors (Lipinski definition) is 2. The number of amidine groups is 1. The Hall–Kier alpha value is -2.37. The smallest absolute Gasteiger partial charge is 0.128 e. The average Bonchev–Trinajstić information content (AvgIpc) is 3.07. The number of fused-ring (bicyclic) bond motifs is 1. The van der Waals surface area contributed by atoms with Crippen molar-refractivity contribution in [3.8, 4) is 0 Å². The molecule has 1 fully saturated rings. The first-order chi connectivity index (χ1) is 10.9. The molecule has 1 aliphatic carbocycles. The minimum Gasteiger partial charge on any atom is -0.371 e. The van der Waals surface area contributed by atoms with Crippen molar-refractivity contribution in [2.45, 2.75) is 44.2 Å². The van der Waals surface area contributed by atoms with E-state index in [-0.39, 0.29) is 5.54 Å². The number of nitrogens with zero attached hydrogens (tertiary/aromatic N) is 3. The number of anilines is 1. The van der Waals surface area contributed by atoms with E-state index in [0.29, 0.717) is 6.54 Å². The monoisotopic (exact) mass is 297 g/mol. The van der Waals surface area contributed by atoms with Crippen molar-refractivity contribution < 1.29 is 4.63 Å². The zero-order valence-corrected chi connectivity index (χ0v) is 12.4. The minimum absolute atomic E-state index is 0.0796. The van der Waals surface area contributed by atoms with Crippen LogP contribution in [-0.2, 0) is 6.54 Å². The number of aliphatic imine (C=N–C) groups is 1. The molecule has 0 saturated heterocycles. The molecule has 22 heavy (non-hydrogen) atoms. The van der Waals surface area contributed by atoms with Gasteiger partial charge in [-0.15, -0.1) is 0 Å². The molecule has 2 heterocycles. The maximum Gasteiger partial charge on any atom is 0.128 e. The van der Waals surface area contributed by atoms with E-state index in [1.807, 2.05) is 12.1 Å². The molecule has 1 aromatic carbocycles. The van der Waals surface area contributed by atoms with Crippen LogP contribution in [0.15, 0.2) is 40.1 Å². The zero-order valence-electron chi connectivity index (χ0n) is 12.4. The van der Waals surface area contributed by atoms with Crippen LogP contribution in [0.3, 0.4) is 0 Å². The number of rotatable bonds is 2. The summed E-state index contributed by atoms with van der Waals surface area (Å²) in [5, 5.41) is 14.7. The fraction of sp³-hybridized carbons (Fsp3) is 0.438. The third-order valence-electron chi connectivity index (χ3n) is 4.51. The standard InChI is InChI=1S/C16H19N5O/c1-4-8-16(9-5-1)15(17-10-12-11-18-22-21-12)19-13-6-2-3-7-14(13)20-16/h2-3,6-7,11,20H,1,4-5,8-10H2,(H,17,19). The summed E-state index contributed by atoms with van der Waals surface area (Å²) in [6, 6.07) is 8.21. The van der Waals surface area contributed by atoms with Gasteiger partial charge in [0.15, 0.2) is 0 Å². The highest BCUT2D eigenvalue weighted by atomic mass is 16.6. The van der Waals surface area contributed by atoms with Crippen molar-refractivity contribution in [1.29, 1.82) is 0 Å². The molecule has 6 nitrogen and oxygen atoms in total. The van der Waals surface area contributed by atoms with E-state index >= 15 is 0 Å². The molecule has 4 rings (SSSR count). The van der Waals surface area contributed by atoms with Crippen LogP contribution >= 0.6 is 0 Å². The van der Waals surface area contributed by atoms with Crippen LogP contribution in [0.25, 0.3) is 0 Å². The third-order valence-corrected chi connectivity index (χ3v) is 4.51. The van der Waals surface area contributed by atoms with Gasteiger partial charge in [-0.2, -0.15) is 0 Å². The first-order valence-electron chi connectivity index (χ1n) is 7.82. The van der Waals surface area contributed by atoms with Crippen LogP contribution in [0.5, 0.6) is 0 Å². The molecule has 0 unspecified atom stereocenters. The van der Waals surface area contributed by atoms with Crippen molar-refractivity contribution in [3.63, 3.8) is 0 Å². The van der Waals surface area contributed by atoms with E-state index in [0.717, 1.165) is 35.7 Å². The summed E-state index contributed by atoms with van der Waals surface area (Å²) in [5.41, 5.74) is 2.81. The van der Waals surface area contributed by atoms with Crippen LogP contribution in [-0.4, -0.2) is 21.7 Å². The van der Waals surface area contributed by atoms with Gasteiger partial charge >= 0.3 is 0 Å². The van der Waals surface area contributed by atoms with Gasteiger partial charge in [-0.3, -0.25) is 0 Å². The fourth-order valence-corrected chi connectivity index (χ4v) is 3.38. The molecule has 114 valence electrons. The van der Waals surface area contributed by atoms with Crippen LogP contribution < -0.4 is 10.6 Å². The number of hydrogen-bond acceptors (Lipinski definition) is 6. The van der Waals surface area contributed by atoms with E-state index < -0.39 is 0 Å². The summed E-state index contributed by atoms with van der Waals surface area (Å²) >= 11 is 0. The van der Waals surface area contributed by atoms with E-state index in [1.54, 1.807) is 6.20 Å². The van der Waals surface area contributed by atoms with Gasteiger partial charge in [0.05, 0.1) is 29.7 Å². The molecule has 6 heteroatoms. The Morgan fingerprint density at radius 1 is 1.18 bits per heavy atom. The second-order valence-electron chi connectivity index (χ2n) is 6.00. The first-order valence-corrected chi connectivity index (χ1v) is 7.82. The van der Waals surface area contributed by atoms with Gasteiger partial charge in [0.1, 0.15) is 11.5 Å². The molecule has 0 bridgehead atoms. The Balaban J connectivity index is 1.65. The Morgan fingerprint density at radius 3 is 2.86 bits per heavy atom. The molecule has 1 saturated carbocycles. The third kappa shape index (κ3) is 2.34. The lowest BCUT2D eigenvalue weighted by Gasteiger charge is -2.42. The van der Waals surface area contributed by atoms with E-state index in [9.17, 15) is 0 Å². The average molecular weight is 297 g/mol. The highest BCUT2D eigenvalue weighted by molar-refractivity contribution is 6.00. The molecule has 2 aliphatic rings. The van der Waals surface area contributed by atoms with Gasteiger partial charge in [-0.05, 0) is 25.0 Å². The van der Waals surface area contributed by atoms with Crippen molar-refractivity contribution >= 4 is 17.2 Å². The fourth-order valence-electron chi connectivity index (χ4n) is 3.38. The summed E-state index contributed by atoms with van der Waals surface area (Å²) in [4.78, 5) is 4.89. The van der Waals surface area contributed by atoms with Crippen molar-refractivity contribution in [2.24, 2.45) is 4.99 Å². The summed E-state index contributed by atoms with van der Waals surface area (Å²) in [6.45, 7) is 0.577. The SMILES string of the molecule is c1ccc2c(c1)N=C(NCc1cnon1)C1(CCCCC1)N2. The molecule has 2 aromatic rings. The maximum absolute atomic E-state index is 4.89. The van der Waals surface area contributed by atoms with Crippen LogP contribution in [0, 0.1) is 0 Å². The number of benzene rings is 1. The number of para-hydroxylation sites is 2. The van der Waals surface area contributed by atoms with Crippen molar-refractivity contribution in [2.75, 3.05) is 5.32 Å². The molecule has 1 spiro atoms. The normalized spacial score (nSPS) is 19.2. The topological polar surface area (TPSA) is 75.3 Å². The van der Waals surface area contributed by atoms with Crippen LogP contribution in [0.4, 0.5) is 11.4 Å². The van der Waals surface area contributed by atoms with E-state index in [4.69, 9.17) is 4.99 Å². The van der Waals surface area contributed by atoms with Gasteiger partial charge in [0.2, 0.25) is 0 Å². The molecule has 2 N–H and O–H groups in total. The van der Waals surface area contributed by atoms with E-state index in [2.05, 4.69) is 37.7 Å². The molecule has 0 amide bonds. The molecule has 1 aliphatic heterocycles. The lowest BCUT2D eigenvalue weighted by Crippen LogP contribution is -2.54. The van der Waals surface area contributed by atoms with Gasteiger partial charge < -0.3 is 10.6 Å². The Bertz CT molecular complexity index is 674. The number of aromatic nitrogens is 2. The van der Waals surface area contributed by atoms with Gasteiger partial charge in [-0.1, -0.05) is 41.7 Å². The van der Waals surface area contributed by atoms with Gasteiger partial charge in [-0.25, -0.2) is 9.62 Å². The highest BCUT2D eigenvalue weighted by Gasteiger charge is 2.40. The zero-order chi connectivity index (χ0) is 14.8. The lowest BCUT2D eigenvalue weighted by molar-refractivity contribution is 0.302. The molecular formula is C16H19N5O. The predicted octanol–water partition coefficient (Wildman–Crippen LogP) is 3.02. The first kappa shape index (κ1) is 13.3. The molecule has 1 aromatic heterocycles. The maximum atomic E-state index is 4.89. The predicted molar refractivity (Wildman–Crippen MR) is 84.1 cm³/mol. The summed E-state index contributed by atoms with van der Waals surface area (Å²) in [5.74, 6) is 1.01. The molecule has 0 atom stereocenters. The summed E-state index contributed by atoms with van der Waals surface area (Å²) in [6.07, 6.45) is 7.58. The van der Waals surface area contributed by atoms with E-state index in [1.165, 1.54) is 19.3 Å². The van der Waals surface area contributed by atoms with Gasteiger partial charge in [0, 0.05) is 0 Å². The van der Waals surface area contributed by atoms with Crippen molar-refractivity contribution in [1.82, 2.24) is 15.6 Å². The molecular weight excluding hydrogens is 278 g/mol. The van der Waals surface area contributed by atoms with Crippen molar-refractivity contribution in [3.05, 3.63) is 36.2 Å². The Morgan fingerprint density at radius 2 is 2.05 bits per heavy atom. The van der Waals surface area contributed by atoms with Gasteiger partial charge in [0.25, 0.3) is 0 Å². The minimum atomic E-state index is -0.0796. The second-order valence-corrected chi connectivity index (χ2v) is 6.00. The molecule has 0 radical (unpaired) electrons. The number of nitrogens with one attached hydrogen (secondary N) is 2. The summed E-state index contributed by atoms with van der Waals surface area (Å²) in [7, 11) is 0. The second kappa shape index (κ2) is 5.44. The highest BCUT2D eigenvalue weighted by Crippen LogP contribution is 2.40. The quantitative estimate of drug-likeness (QED) is 0.891. The summed E-state index contributed by atoms with van der Waals surface area (Å²) < 4.78 is 4.65. The van der Waals surface area contributed by atoms with Crippen LogP contribution in [0.2, 0.25) is 0 Å². The van der Waals surface area contributed by atoms with Crippen LogP contribution in [0.1, 0.15) is 37.8 Å². The largest absolute Gasteiger partial charge is 0.371 e. The Labute approximate surface area is 129 Å².